The fraction of sp³-hybridized carbons (Fsp3) is 0.448. The van der Waals surface area contributed by atoms with E-state index in [9.17, 15) is 9.59 Å². The van der Waals surface area contributed by atoms with Gasteiger partial charge < -0.3 is 23.7 Å². The highest BCUT2D eigenvalue weighted by Gasteiger charge is 2.34. The number of amides is 1. The lowest BCUT2D eigenvalue weighted by molar-refractivity contribution is -0.133. The van der Waals surface area contributed by atoms with Crippen molar-refractivity contribution in [3.05, 3.63) is 59.0 Å². The maximum atomic E-state index is 12.8. The average Bonchev–Trinajstić information content (AvgIpc) is 2.91. The highest BCUT2D eigenvalue weighted by atomic mass is 16.5. The van der Waals surface area contributed by atoms with Crippen LogP contribution in [0.2, 0.25) is 0 Å². The van der Waals surface area contributed by atoms with Crippen LogP contribution >= 0.6 is 0 Å². The van der Waals surface area contributed by atoms with Crippen LogP contribution in [0, 0.1) is 5.92 Å². The van der Waals surface area contributed by atoms with E-state index in [1.807, 2.05) is 36.2 Å². The lowest BCUT2D eigenvalue weighted by Crippen LogP contribution is -2.51. The molecule has 36 heavy (non-hydrogen) atoms. The van der Waals surface area contributed by atoms with E-state index in [1.54, 1.807) is 31.4 Å². The van der Waals surface area contributed by atoms with Crippen LogP contribution in [0.5, 0.6) is 11.5 Å². The van der Waals surface area contributed by atoms with E-state index in [-0.39, 0.29) is 12.5 Å². The Bertz CT molecular complexity index is 1270. The zero-order valence-electron chi connectivity index (χ0n) is 21.1. The molecule has 1 aromatic heterocycles. The van der Waals surface area contributed by atoms with Crippen LogP contribution in [-0.2, 0) is 4.79 Å². The molecular formula is C29H34N2O5. The molecule has 190 valence electrons. The quantitative estimate of drug-likeness (QED) is 0.452. The fourth-order valence-electron chi connectivity index (χ4n) is 5.71. The van der Waals surface area contributed by atoms with E-state index in [2.05, 4.69) is 4.90 Å². The number of piperidine rings is 2. The highest BCUT2D eigenvalue weighted by molar-refractivity contribution is 5.86. The van der Waals surface area contributed by atoms with Crippen molar-refractivity contribution in [3.8, 4) is 22.6 Å². The van der Waals surface area contributed by atoms with Gasteiger partial charge in [0.05, 0.1) is 12.7 Å². The second-order valence-corrected chi connectivity index (χ2v) is 9.91. The molecular weight excluding hydrogens is 456 g/mol. The number of hydrogen-bond acceptors (Lipinski definition) is 6. The van der Waals surface area contributed by atoms with Gasteiger partial charge >= 0.3 is 5.63 Å². The summed E-state index contributed by atoms with van der Waals surface area (Å²) in [6, 6.07) is 15.1. The van der Waals surface area contributed by atoms with Crippen molar-refractivity contribution >= 4 is 16.9 Å². The van der Waals surface area contributed by atoms with Crippen LogP contribution in [0.3, 0.4) is 0 Å². The predicted molar refractivity (Wildman–Crippen MR) is 140 cm³/mol. The van der Waals surface area contributed by atoms with E-state index >= 15 is 0 Å². The summed E-state index contributed by atoms with van der Waals surface area (Å²) in [5.74, 6) is 1.63. The van der Waals surface area contributed by atoms with Gasteiger partial charge in [0.1, 0.15) is 5.75 Å². The molecule has 0 aliphatic carbocycles. The number of rotatable bonds is 7. The fourth-order valence-corrected chi connectivity index (χ4v) is 5.71. The zero-order chi connectivity index (χ0) is 25.1. The Labute approximate surface area is 211 Å². The molecule has 0 radical (unpaired) electrons. The summed E-state index contributed by atoms with van der Waals surface area (Å²) in [5, 5.41) is 0.784. The minimum absolute atomic E-state index is 0.00510. The third kappa shape index (κ3) is 5.12. The van der Waals surface area contributed by atoms with Crippen molar-refractivity contribution in [1.29, 1.82) is 0 Å². The van der Waals surface area contributed by atoms with Gasteiger partial charge in [0, 0.05) is 25.0 Å². The molecule has 2 saturated heterocycles. The topological polar surface area (TPSA) is 72.2 Å². The Morgan fingerprint density at radius 2 is 1.89 bits per heavy atom. The lowest BCUT2D eigenvalue weighted by Gasteiger charge is -2.45. The summed E-state index contributed by atoms with van der Waals surface area (Å²) in [7, 11) is 3.43. The van der Waals surface area contributed by atoms with Gasteiger partial charge in [-0.05, 0) is 74.5 Å². The maximum Gasteiger partial charge on any atom is 0.344 e. The molecule has 2 aliphatic heterocycles. The minimum atomic E-state index is -0.434. The molecule has 2 unspecified atom stereocenters. The van der Waals surface area contributed by atoms with Gasteiger partial charge in [0.2, 0.25) is 0 Å². The van der Waals surface area contributed by atoms with Crippen molar-refractivity contribution in [2.45, 2.75) is 38.1 Å². The van der Waals surface area contributed by atoms with Gasteiger partial charge in [-0.25, -0.2) is 4.79 Å². The predicted octanol–water partition coefficient (Wildman–Crippen LogP) is 4.57. The standard InChI is InChI=1S/C29H34N2O5/c1-30(18-22-8-6-16-31-15-4-3-9-25(22)31)27(32)19-35-23-13-11-20(12-14-23)24-17-21-7-5-10-26(34-2)28(21)36-29(24)33/h5,7,10-14,17,22,25H,3-4,6,8-9,15-16,18-19H2,1-2H3. The van der Waals surface area contributed by atoms with E-state index in [0.717, 1.165) is 17.5 Å². The van der Waals surface area contributed by atoms with Gasteiger partial charge in [-0.3, -0.25) is 4.79 Å². The number of nitrogens with zero attached hydrogens (tertiary/aromatic N) is 2. The number of hydrogen-bond donors (Lipinski definition) is 0. The smallest absolute Gasteiger partial charge is 0.344 e. The molecule has 2 aromatic carbocycles. The summed E-state index contributed by atoms with van der Waals surface area (Å²) >= 11 is 0. The van der Waals surface area contributed by atoms with Crippen LogP contribution in [0.1, 0.15) is 32.1 Å². The molecule has 1 amide bonds. The zero-order valence-corrected chi connectivity index (χ0v) is 21.1. The molecule has 0 spiro atoms. The monoisotopic (exact) mass is 490 g/mol. The van der Waals surface area contributed by atoms with Crippen LogP contribution < -0.4 is 15.1 Å². The molecule has 3 heterocycles. The number of fused-ring (bicyclic) bond motifs is 2. The average molecular weight is 491 g/mol. The Morgan fingerprint density at radius 1 is 1.08 bits per heavy atom. The molecule has 2 fully saturated rings. The largest absolute Gasteiger partial charge is 0.493 e. The van der Waals surface area contributed by atoms with Crippen molar-refractivity contribution in [1.82, 2.24) is 9.80 Å². The third-order valence-electron chi connectivity index (χ3n) is 7.63. The van der Waals surface area contributed by atoms with Gasteiger partial charge in [-0.15, -0.1) is 0 Å². The Hall–Kier alpha value is -3.32. The Morgan fingerprint density at radius 3 is 2.69 bits per heavy atom. The molecule has 2 atom stereocenters. The summed E-state index contributed by atoms with van der Waals surface area (Å²) < 4.78 is 16.6. The van der Waals surface area contributed by atoms with Gasteiger partial charge in [0.25, 0.3) is 5.91 Å². The van der Waals surface area contributed by atoms with E-state index in [1.165, 1.54) is 45.2 Å². The van der Waals surface area contributed by atoms with Gasteiger partial charge in [0.15, 0.2) is 17.9 Å². The normalized spacial score (nSPS) is 20.1. The number of benzene rings is 2. The first-order valence-corrected chi connectivity index (χ1v) is 12.9. The summed E-state index contributed by atoms with van der Waals surface area (Å²) in [6.45, 7) is 3.18. The number of carbonyl (C=O) groups excluding carboxylic acids is 1. The third-order valence-corrected chi connectivity index (χ3v) is 7.63. The molecule has 0 bridgehead atoms. The first-order chi connectivity index (χ1) is 17.5. The number of ether oxygens (including phenoxy) is 2. The molecule has 7 nitrogen and oxygen atoms in total. The summed E-state index contributed by atoms with van der Waals surface area (Å²) in [4.78, 5) is 29.9. The maximum absolute atomic E-state index is 12.8. The van der Waals surface area contributed by atoms with Crippen molar-refractivity contribution in [3.63, 3.8) is 0 Å². The van der Waals surface area contributed by atoms with Crippen LogP contribution in [0.4, 0.5) is 0 Å². The molecule has 0 saturated carbocycles. The van der Waals surface area contributed by atoms with Crippen LogP contribution in [0.15, 0.2) is 57.7 Å². The molecule has 3 aromatic rings. The number of methoxy groups -OCH3 is 1. The number of likely N-dealkylation sites (N-methyl/N-ethyl adjacent to an activating group) is 1. The van der Waals surface area contributed by atoms with Crippen LogP contribution in [0.25, 0.3) is 22.1 Å². The number of carbonyl (C=O) groups is 1. The second kappa shape index (κ2) is 10.7. The van der Waals surface area contributed by atoms with Crippen molar-refractivity contribution < 1.29 is 18.7 Å². The SMILES string of the molecule is COc1cccc2cc(-c3ccc(OCC(=O)N(C)CC4CCCN5CCCCC45)cc3)c(=O)oc12. The summed E-state index contributed by atoms with van der Waals surface area (Å²) in [5.41, 5.74) is 1.18. The Kier molecular flexibility index (Phi) is 7.28. The van der Waals surface area contributed by atoms with Crippen molar-refractivity contribution in [2.24, 2.45) is 5.92 Å². The van der Waals surface area contributed by atoms with E-state index in [0.29, 0.717) is 34.6 Å². The lowest BCUT2D eigenvalue weighted by atomic mass is 9.83. The molecule has 7 heteroatoms. The Balaban J connectivity index is 1.20. The number of para-hydroxylation sites is 1. The first-order valence-electron chi connectivity index (χ1n) is 12.9. The first kappa shape index (κ1) is 24.4. The molecule has 5 rings (SSSR count). The molecule has 2 aliphatic rings. The van der Waals surface area contributed by atoms with Crippen molar-refractivity contribution in [2.75, 3.05) is 40.4 Å². The summed E-state index contributed by atoms with van der Waals surface area (Å²) in [6.07, 6.45) is 6.25. The minimum Gasteiger partial charge on any atom is -0.493 e. The van der Waals surface area contributed by atoms with Gasteiger partial charge in [-0.2, -0.15) is 0 Å². The van der Waals surface area contributed by atoms with E-state index in [4.69, 9.17) is 13.9 Å². The van der Waals surface area contributed by atoms with Gasteiger partial charge in [-0.1, -0.05) is 30.7 Å². The van der Waals surface area contributed by atoms with E-state index < -0.39 is 5.63 Å². The second-order valence-electron chi connectivity index (χ2n) is 9.91. The highest BCUT2D eigenvalue weighted by Crippen LogP contribution is 2.31. The van der Waals surface area contributed by atoms with Crippen LogP contribution in [-0.4, -0.2) is 62.1 Å². The molecule has 0 N–H and O–H groups in total.